The van der Waals surface area contributed by atoms with E-state index in [9.17, 15) is 0 Å². The molecule has 0 saturated heterocycles. The summed E-state index contributed by atoms with van der Waals surface area (Å²) < 4.78 is 0. The molecule has 0 radical (unpaired) electrons. The molecule has 0 aromatic heterocycles. The summed E-state index contributed by atoms with van der Waals surface area (Å²) in [7, 11) is 4.26. The van der Waals surface area contributed by atoms with E-state index in [1.54, 1.807) is 0 Å². The third kappa shape index (κ3) is 3.97. The quantitative estimate of drug-likeness (QED) is 0.251. The Morgan fingerprint density at radius 3 is 1.83 bits per heavy atom. The van der Waals surface area contributed by atoms with Crippen molar-refractivity contribution in [2.45, 2.75) is 0 Å². The van der Waals surface area contributed by atoms with Crippen molar-refractivity contribution in [2.24, 2.45) is 0 Å². The molecule has 0 heterocycles. The van der Waals surface area contributed by atoms with Crippen LogP contribution in [0.15, 0.2) is 133 Å². The van der Waals surface area contributed by atoms with Crippen LogP contribution in [0.4, 0.5) is 22.7 Å². The van der Waals surface area contributed by atoms with Gasteiger partial charge >= 0.3 is 0 Å². The number of anilines is 4. The van der Waals surface area contributed by atoms with E-state index in [1.807, 2.05) is 0 Å². The number of rotatable bonds is 5. The van der Waals surface area contributed by atoms with E-state index in [4.69, 9.17) is 0 Å². The molecule has 6 rings (SSSR count). The summed E-state index contributed by atoms with van der Waals surface area (Å²) >= 11 is 0. The average Bonchev–Trinajstić information content (AvgIpc) is 2.96. The molecule has 0 N–H and O–H groups in total. The molecule has 0 unspecified atom stereocenters. The van der Waals surface area contributed by atoms with Crippen molar-refractivity contribution in [3.63, 3.8) is 0 Å². The highest BCUT2D eigenvalue weighted by Crippen LogP contribution is 2.37. The van der Waals surface area contributed by atoms with Gasteiger partial charge in [-0.3, -0.25) is 0 Å². The normalized spacial score (nSPS) is 11.1. The Kier molecular flexibility index (Phi) is 5.63. The van der Waals surface area contributed by atoms with Gasteiger partial charge in [0.1, 0.15) is 0 Å². The molecule has 0 aliphatic carbocycles. The van der Waals surface area contributed by atoms with Crippen LogP contribution in [0.25, 0.3) is 32.7 Å². The Morgan fingerprint density at radius 1 is 0.417 bits per heavy atom. The van der Waals surface area contributed by atoms with Crippen molar-refractivity contribution in [1.29, 1.82) is 0 Å². The molecule has 0 amide bonds. The number of hydrogen-bond acceptors (Lipinski definition) is 2. The van der Waals surface area contributed by atoms with Gasteiger partial charge in [-0.1, -0.05) is 84.9 Å². The molecule has 2 heteroatoms. The lowest BCUT2D eigenvalue weighted by Gasteiger charge is -2.22. The summed E-state index contributed by atoms with van der Waals surface area (Å²) in [5.41, 5.74) is 7.21. The maximum Gasteiger partial charge on any atom is 0.0487 e. The molecule has 36 heavy (non-hydrogen) atoms. The first-order chi connectivity index (χ1) is 17.7. The van der Waals surface area contributed by atoms with Gasteiger partial charge in [0, 0.05) is 42.2 Å². The van der Waals surface area contributed by atoms with Gasteiger partial charge < -0.3 is 9.80 Å². The maximum absolute atomic E-state index is 2.34. The predicted molar refractivity (Wildman–Crippen MR) is 156 cm³/mol. The molecule has 0 atom stereocenters. The van der Waals surface area contributed by atoms with Crippen molar-refractivity contribution in [3.05, 3.63) is 133 Å². The summed E-state index contributed by atoms with van der Waals surface area (Å²) in [5.74, 6) is 0. The molecular weight excluding hydrogens is 436 g/mol. The largest absolute Gasteiger partial charge is 0.345 e. The van der Waals surface area contributed by atoms with Gasteiger partial charge in [0.25, 0.3) is 0 Å². The fourth-order valence-electron chi connectivity index (χ4n) is 5.04. The zero-order valence-corrected chi connectivity index (χ0v) is 20.6. The molecule has 2 nitrogen and oxygen atoms in total. The lowest BCUT2D eigenvalue weighted by Crippen LogP contribution is -2.09. The van der Waals surface area contributed by atoms with E-state index in [1.165, 1.54) is 55.4 Å². The van der Waals surface area contributed by atoms with E-state index < -0.39 is 0 Å². The third-order valence-electron chi connectivity index (χ3n) is 7.07. The maximum atomic E-state index is 2.34. The van der Waals surface area contributed by atoms with Crippen LogP contribution < -0.4 is 9.80 Å². The summed E-state index contributed by atoms with van der Waals surface area (Å²) in [6, 6.07) is 47.7. The lowest BCUT2D eigenvalue weighted by molar-refractivity contribution is 1.21. The zero-order chi connectivity index (χ0) is 24.5. The minimum absolute atomic E-state index is 1.18. The Morgan fingerprint density at radius 2 is 1.08 bits per heavy atom. The summed E-state index contributed by atoms with van der Waals surface area (Å²) in [6.45, 7) is 0. The predicted octanol–water partition coefficient (Wildman–Crippen LogP) is 9.20. The summed E-state index contributed by atoms with van der Waals surface area (Å²) in [5, 5.41) is 4.99. The molecule has 0 spiro atoms. The number of benzene rings is 6. The topological polar surface area (TPSA) is 6.48 Å². The monoisotopic (exact) mass is 464 g/mol. The van der Waals surface area contributed by atoms with E-state index in [2.05, 4.69) is 157 Å². The van der Waals surface area contributed by atoms with Crippen molar-refractivity contribution in [3.8, 4) is 11.1 Å². The highest BCUT2D eigenvalue weighted by Gasteiger charge is 2.12. The molecule has 0 bridgehead atoms. The second kappa shape index (κ2) is 9.24. The van der Waals surface area contributed by atoms with Crippen LogP contribution in [0.1, 0.15) is 0 Å². The average molecular weight is 465 g/mol. The van der Waals surface area contributed by atoms with Gasteiger partial charge in [-0.15, -0.1) is 0 Å². The van der Waals surface area contributed by atoms with Crippen LogP contribution in [-0.2, 0) is 0 Å². The molecule has 174 valence electrons. The Hall–Kier alpha value is -4.56. The smallest absolute Gasteiger partial charge is 0.0487 e. The van der Waals surface area contributed by atoms with E-state index in [0.717, 1.165) is 0 Å². The molecule has 0 fully saturated rings. The van der Waals surface area contributed by atoms with Crippen LogP contribution in [0.5, 0.6) is 0 Å². The lowest BCUT2D eigenvalue weighted by atomic mass is 9.95. The second-order valence-corrected chi connectivity index (χ2v) is 9.21. The Bertz CT molecular complexity index is 1660. The highest BCUT2D eigenvalue weighted by molar-refractivity contribution is 6.03. The first-order valence-electron chi connectivity index (χ1n) is 12.3. The first kappa shape index (κ1) is 21.9. The van der Waals surface area contributed by atoms with Crippen molar-refractivity contribution in [1.82, 2.24) is 0 Å². The number of fused-ring (bicyclic) bond motifs is 2. The minimum atomic E-state index is 1.18. The number of para-hydroxylation sites is 2. The highest BCUT2D eigenvalue weighted by atomic mass is 15.1. The van der Waals surface area contributed by atoms with Crippen LogP contribution in [0.2, 0.25) is 0 Å². The van der Waals surface area contributed by atoms with E-state index >= 15 is 0 Å². The first-order valence-corrected chi connectivity index (χ1v) is 12.3. The molecule has 0 aliphatic rings. The fraction of sp³-hybridized carbons (Fsp3) is 0.0588. The zero-order valence-electron chi connectivity index (χ0n) is 20.6. The molecular formula is C34H28N2. The van der Waals surface area contributed by atoms with Crippen molar-refractivity contribution in [2.75, 3.05) is 23.9 Å². The summed E-state index contributed by atoms with van der Waals surface area (Å²) in [6.07, 6.45) is 0. The number of nitrogens with zero attached hydrogens (tertiary/aromatic N) is 2. The standard InChI is InChI=1S/C34H28N2/c1-35(28-13-5-3-6-14-28)30-21-22-32-26(23-30)12-9-17-31(32)27-20-19-25-11-10-18-34(33(25)24-27)36(2)29-15-7-4-8-16-29/h3-24H,1-2H3. The molecule has 6 aromatic rings. The Labute approximate surface area is 212 Å². The van der Waals surface area contributed by atoms with Crippen molar-refractivity contribution >= 4 is 44.3 Å². The van der Waals surface area contributed by atoms with Crippen LogP contribution in [0, 0.1) is 0 Å². The third-order valence-corrected chi connectivity index (χ3v) is 7.07. The molecule has 6 aromatic carbocycles. The van der Waals surface area contributed by atoms with Crippen LogP contribution in [0.3, 0.4) is 0 Å². The molecule has 0 aliphatic heterocycles. The fourth-order valence-corrected chi connectivity index (χ4v) is 5.04. The molecule has 0 saturated carbocycles. The van der Waals surface area contributed by atoms with E-state index in [-0.39, 0.29) is 0 Å². The van der Waals surface area contributed by atoms with Gasteiger partial charge in [-0.05, 0) is 75.8 Å². The van der Waals surface area contributed by atoms with E-state index in [0.29, 0.717) is 0 Å². The number of hydrogen-bond donors (Lipinski definition) is 0. The van der Waals surface area contributed by atoms with Gasteiger partial charge in [-0.2, -0.15) is 0 Å². The summed E-state index contributed by atoms with van der Waals surface area (Å²) in [4.78, 5) is 4.49. The van der Waals surface area contributed by atoms with Gasteiger partial charge in [0.05, 0.1) is 0 Å². The SMILES string of the molecule is CN(c1ccccc1)c1ccc2c(-c3ccc4cccc(N(C)c5ccccc5)c4c3)cccc2c1. The van der Waals surface area contributed by atoms with Gasteiger partial charge in [0.15, 0.2) is 0 Å². The minimum Gasteiger partial charge on any atom is -0.345 e. The van der Waals surface area contributed by atoms with Crippen LogP contribution >= 0.6 is 0 Å². The van der Waals surface area contributed by atoms with Gasteiger partial charge in [-0.25, -0.2) is 0 Å². The van der Waals surface area contributed by atoms with Gasteiger partial charge in [0.2, 0.25) is 0 Å². The second-order valence-electron chi connectivity index (χ2n) is 9.21. The van der Waals surface area contributed by atoms with Crippen LogP contribution in [-0.4, -0.2) is 14.1 Å². The Balaban J connectivity index is 1.44. The van der Waals surface area contributed by atoms with Crippen molar-refractivity contribution < 1.29 is 0 Å².